The van der Waals surface area contributed by atoms with Crippen molar-refractivity contribution in [1.82, 2.24) is 0 Å². The highest BCUT2D eigenvalue weighted by Crippen LogP contribution is 2.54. The van der Waals surface area contributed by atoms with Crippen molar-refractivity contribution in [3.63, 3.8) is 0 Å². The van der Waals surface area contributed by atoms with Crippen molar-refractivity contribution in [2.45, 2.75) is 11.8 Å². The number of ether oxygens (including phenoxy) is 1. The van der Waals surface area contributed by atoms with Crippen molar-refractivity contribution in [1.29, 1.82) is 0 Å². The monoisotopic (exact) mass is 568 g/mol. The molecule has 7 aromatic carbocycles. The molecule has 2 nitrogen and oxygen atoms in total. The van der Waals surface area contributed by atoms with E-state index in [1.165, 1.54) is 49.4 Å². The molecule has 1 N–H and O–H groups in total. The zero-order valence-corrected chi connectivity index (χ0v) is 24.4. The highest BCUT2D eigenvalue weighted by atomic mass is 16.5. The third kappa shape index (κ3) is 4.06. The molecule has 1 aliphatic carbocycles. The van der Waals surface area contributed by atoms with Gasteiger partial charge >= 0.3 is 0 Å². The first-order chi connectivity index (χ1) is 21.8. The fourth-order valence-corrected chi connectivity index (χ4v) is 7.46. The number of hydrogen-bond donors (Lipinski definition) is 1. The van der Waals surface area contributed by atoms with Gasteiger partial charge in [0.05, 0.1) is 12.0 Å². The van der Waals surface area contributed by atoms with Crippen LogP contribution in [0.3, 0.4) is 0 Å². The van der Waals surface area contributed by atoms with Gasteiger partial charge in [0.2, 0.25) is 0 Å². The number of hydrogen-bond acceptors (Lipinski definition) is 2. The van der Waals surface area contributed by atoms with Crippen LogP contribution in [0.1, 0.15) is 34.2 Å². The standard InChI is InChI=1S/C42H32O2/c43-27-28-44-40-24-23-31-13-3-6-18-34(31)41(40)36-25-26-42(39-20-8-7-19-35(36)39,37-21-9-14-29-11-1-4-16-32(29)37)38-22-10-15-30-12-2-5-17-33(30)38/h1-25,43H,26-28H2. The normalized spacial score (nSPS) is 14.0. The maximum Gasteiger partial charge on any atom is 0.127 e. The highest BCUT2D eigenvalue weighted by molar-refractivity contribution is 6.03. The van der Waals surface area contributed by atoms with E-state index in [0.717, 1.165) is 28.5 Å². The summed E-state index contributed by atoms with van der Waals surface area (Å²) >= 11 is 0. The molecule has 0 saturated heterocycles. The molecule has 8 rings (SSSR count). The van der Waals surface area contributed by atoms with Crippen LogP contribution in [0.5, 0.6) is 5.75 Å². The SMILES string of the molecule is OCCOc1ccc2ccccc2c1C1=CCC(c2cccc3ccccc23)(c2cccc3ccccc23)c2ccccc21. The van der Waals surface area contributed by atoms with Gasteiger partial charge in [-0.15, -0.1) is 0 Å². The summed E-state index contributed by atoms with van der Waals surface area (Å²) in [7, 11) is 0. The first-order valence-corrected chi connectivity index (χ1v) is 15.3. The molecule has 0 aliphatic heterocycles. The van der Waals surface area contributed by atoms with E-state index in [2.05, 4.69) is 146 Å². The lowest BCUT2D eigenvalue weighted by molar-refractivity contribution is 0.201. The zero-order chi connectivity index (χ0) is 29.5. The van der Waals surface area contributed by atoms with E-state index in [1.54, 1.807) is 0 Å². The summed E-state index contributed by atoms with van der Waals surface area (Å²) in [6.45, 7) is 0.212. The Morgan fingerprint density at radius 2 is 1.05 bits per heavy atom. The Kier molecular flexibility index (Phi) is 6.51. The lowest BCUT2D eigenvalue weighted by Gasteiger charge is -2.41. The molecule has 2 heteroatoms. The second-order valence-electron chi connectivity index (χ2n) is 11.6. The maximum atomic E-state index is 9.65. The van der Waals surface area contributed by atoms with Crippen LogP contribution in [0.25, 0.3) is 37.9 Å². The molecule has 0 atom stereocenters. The third-order valence-corrected chi connectivity index (χ3v) is 9.30. The molecule has 0 fully saturated rings. The van der Waals surface area contributed by atoms with Crippen molar-refractivity contribution < 1.29 is 9.84 Å². The van der Waals surface area contributed by atoms with E-state index in [0.29, 0.717) is 0 Å². The molecule has 0 amide bonds. The Balaban J connectivity index is 1.48. The first kappa shape index (κ1) is 26.4. The minimum absolute atomic E-state index is 0.0345. The van der Waals surface area contributed by atoms with E-state index in [-0.39, 0.29) is 13.2 Å². The van der Waals surface area contributed by atoms with Gasteiger partial charge in [0.15, 0.2) is 0 Å². The fourth-order valence-electron chi connectivity index (χ4n) is 7.46. The molecule has 7 aromatic rings. The van der Waals surface area contributed by atoms with Gasteiger partial charge in [-0.25, -0.2) is 0 Å². The van der Waals surface area contributed by atoms with Gasteiger partial charge in [-0.1, -0.05) is 146 Å². The highest BCUT2D eigenvalue weighted by Gasteiger charge is 2.42. The molecule has 1 aliphatic rings. The summed E-state index contributed by atoms with van der Waals surface area (Å²) in [5.74, 6) is 0.793. The van der Waals surface area contributed by atoms with Gasteiger partial charge in [-0.2, -0.15) is 0 Å². The van der Waals surface area contributed by atoms with Crippen LogP contribution in [0.2, 0.25) is 0 Å². The Bertz CT molecular complexity index is 2120. The Morgan fingerprint density at radius 1 is 0.523 bits per heavy atom. The Labute approximate surface area is 257 Å². The average Bonchev–Trinajstić information content (AvgIpc) is 3.10. The van der Waals surface area contributed by atoms with Crippen molar-refractivity contribution in [3.8, 4) is 5.75 Å². The molecule has 0 heterocycles. The summed E-state index contributed by atoms with van der Waals surface area (Å²) < 4.78 is 6.21. The molecule has 0 saturated carbocycles. The fraction of sp³-hybridized carbons (Fsp3) is 0.0952. The van der Waals surface area contributed by atoms with Crippen LogP contribution in [0.4, 0.5) is 0 Å². The molecule has 0 spiro atoms. The Hall–Kier alpha value is -5.18. The van der Waals surface area contributed by atoms with E-state index < -0.39 is 5.41 Å². The molecule has 44 heavy (non-hydrogen) atoms. The molecule has 0 aromatic heterocycles. The third-order valence-electron chi connectivity index (χ3n) is 9.30. The van der Waals surface area contributed by atoms with Gasteiger partial charge in [0, 0.05) is 5.56 Å². The summed E-state index contributed by atoms with van der Waals surface area (Å²) in [6.07, 6.45) is 3.21. The molecular weight excluding hydrogens is 536 g/mol. The van der Waals surface area contributed by atoms with Gasteiger partial charge in [-0.3, -0.25) is 0 Å². The molecule has 212 valence electrons. The molecule has 0 unspecified atom stereocenters. The zero-order valence-electron chi connectivity index (χ0n) is 24.4. The van der Waals surface area contributed by atoms with Crippen LogP contribution in [-0.2, 0) is 5.41 Å². The number of allylic oxidation sites excluding steroid dienone is 1. The second kappa shape index (κ2) is 10.8. The van der Waals surface area contributed by atoms with Crippen LogP contribution in [0.15, 0.2) is 152 Å². The van der Waals surface area contributed by atoms with Gasteiger partial charge < -0.3 is 9.84 Å². The smallest absolute Gasteiger partial charge is 0.127 e. The lowest BCUT2D eigenvalue weighted by atomic mass is 9.61. The average molecular weight is 569 g/mol. The Morgan fingerprint density at radius 3 is 1.70 bits per heavy atom. The second-order valence-corrected chi connectivity index (χ2v) is 11.6. The number of aliphatic hydroxyl groups excluding tert-OH is 1. The van der Waals surface area contributed by atoms with E-state index in [4.69, 9.17) is 4.74 Å². The molecule has 0 bridgehead atoms. The van der Waals surface area contributed by atoms with Crippen molar-refractivity contribution in [3.05, 3.63) is 179 Å². The summed E-state index contributed by atoms with van der Waals surface area (Å²) in [5, 5.41) is 17.0. The van der Waals surface area contributed by atoms with Crippen molar-refractivity contribution in [2.24, 2.45) is 0 Å². The summed E-state index contributed by atoms with van der Waals surface area (Å²) in [4.78, 5) is 0. The van der Waals surface area contributed by atoms with Crippen molar-refractivity contribution >= 4 is 37.9 Å². The predicted octanol–water partition coefficient (Wildman–Crippen LogP) is 9.69. The van der Waals surface area contributed by atoms with Gasteiger partial charge in [-0.05, 0) is 72.6 Å². The lowest BCUT2D eigenvalue weighted by Crippen LogP contribution is -2.33. The number of aliphatic hydroxyl groups is 1. The van der Waals surface area contributed by atoms with Crippen LogP contribution in [0, 0.1) is 0 Å². The van der Waals surface area contributed by atoms with E-state index >= 15 is 0 Å². The largest absolute Gasteiger partial charge is 0.491 e. The number of rotatable bonds is 6. The minimum Gasteiger partial charge on any atom is -0.491 e. The quantitative estimate of drug-likeness (QED) is 0.216. The van der Waals surface area contributed by atoms with Crippen LogP contribution >= 0.6 is 0 Å². The van der Waals surface area contributed by atoms with Gasteiger partial charge in [0.25, 0.3) is 0 Å². The molecule has 0 radical (unpaired) electrons. The maximum absolute atomic E-state index is 9.65. The van der Waals surface area contributed by atoms with Gasteiger partial charge in [0.1, 0.15) is 12.4 Å². The predicted molar refractivity (Wildman–Crippen MR) is 182 cm³/mol. The summed E-state index contributed by atoms with van der Waals surface area (Å²) in [5.41, 5.74) is 6.91. The van der Waals surface area contributed by atoms with E-state index in [1.807, 2.05) is 6.07 Å². The summed E-state index contributed by atoms with van der Waals surface area (Å²) in [6, 6.07) is 52.6. The van der Waals surface area contributed by atoms with E-state index in [9.17, 15) is 5.11 Å². The van der Waals surface area contributed by atoms with Crippen LogP contribution < -0.4 is 4.74 Å². The number of benzene rings is 7. The van der Waals surface area contributed by atoms with Crippen molar-refractivity contribution in [2.75, 3.05) is 13.2 Å². The molecular formula is C42H32O2. The van der Waals surface area contributed by atoms with Crippen LogP contribution in [-0.4, -0.2) is 18.3 Å². The first-order valence-electron chi connectivity index (χ1n) is 15.3. The minimum atomic E-state index is -0.432. The number of fused-ring (bicyclic) bond motifs is 4. The topological polar surface area (TPSA) is 29.5 Å².